The molecule has 0 amide bonds. The minimum atomic E-state index is -1.05. The van der Waals surface area contributed by atoms with Crippen LogP contribution in [0.25, 0.3) is 0 Å². The number of allylic oxidation sites excluding steroid dienone is 1. The van der Waals surface area contributed by atoms with Crippen molar-refractivity contribution in [2.24, 2.45) is 0 Å². The Morgan fingerprint density at radius 1 is 1.67 bits per heavy atom. The lowest BCUT2D eigenvalue weighted by atomic mass is 10.3. The van der Waals surface area contributed by atoms with Crippen LogP contribution in [0, 0.1) is 0 Å². The van der Waals surface area contributed by atoms with E-state index < -0.39 is 5.97 Å². The van der Waals surface area contributed by atoms with Gasteiger partial charge in [-0.2, -0.15) is 0 Å². The van der Waals surface area contributed by atoms with Gasteiger partial charge in [0.2, 0.25) is 0 Å². The van der Waals surface area contributed by atoms with Crippen molar-refractivity contribution in [3.63, 3.8) is 0 Å². The number of pyridine rings is 1. The second kappa shape index (κ2) is 5.32. The number of aliphatic carboxylic acids is 1. The summed E-state index contributed by atoms with van der Waals surface area (Å²) in [6.45, 7) is 0. The van der Waals surface area contributed by atoms with E-state index in [1.54, 1.807) is 23.7 Å². The highest BCUT2D eigenvalue weighted by atomic mass is 35.5. The topological polar surface area (TPSA) is 65.5 Å². The van der Waals surface area contributed by atoms with Gasteiger partial charge in [0.25, 0.3) is 0 Å². The zero-order valence-electron chi connectivity index (χ0n) is 9.42. The summed E-state index contributed by atoms with van der Waals surface area (Å²) in [6.07, 6.45) is 4.97. The fourth-order valence-electron chi connectivity index (χ4n) is 1.49. The Morgan fingerprint density at radius 2 is 2.44 bits per heavy atom. The maximum atomic E-state index is 11.2. The van der Waals surface area contributed by atoms with Crippen LogP contribution in [0.4, 0.5) is 5.82 Å². The predicted molar refractivity (Wildman–Crippen MR) is 72.2 cm³/mol. The first-order chi connectivity index (χ1) is 8.63. The van der Waals surface area contributed by atoms with Gasteiger partial charge in [0, 0.05) is 6.20 Å². The zero-order chi connectivity index (χ0) is 13.1. The number of thioether (sulfide) groups is 1. The molecule has 2 N–H and O–H groups in total. The summed E-state index contributed by atoms with van der Waals surface area (Å²) in [7, 11) is 0. The van der Waals surface area contributed by atoms with Crippen LogP contribution in [0.2, 0.25) is 5.02 Å². The molecular weight excluding hydrogens is 274 g/mol. The molecule has 5 nitrogen and oxygen atoms in total. The van der Waals surface area contributed by atoms with Crippen LogP contribution in [-0.4, -0.2) is 22.3 Å². The Kier molecular flexibility index (Phi) is 3.78. The Balaban J connectivity index is 2.40. The van der Waals surface area contributed by atoms with Gasteiger partial charge in [0.1, 0.15) is 0 Å². The van der Waals surface area contributed by atoms with Crippen LogP contribution in [-0.2, 0) is 4.79 Å². The standard InChI is InChI=1S/C11H10ClN3O2S/c1-18-6-7-5-9(11(16)17)15(14-7)10-8(12)3-2-4-13-10/h2-6,14H,1H3,(H,16,17). The summed E-state index contributed by atoms with van der Waals surface area (Å²) in [5.41, 5.74) is 3.70. The van der Waals surface area contributed by atoms with E-state index in [2.05, 4.69) is 10.4 Å². The molecule has 1 aromatic heterocycles. The maximum Gasteiger partial charge on any atom is 0.354 e. The van der Waals surface area contributed by atoms with Crippen molar-refractivity contribution in [1.29, 1.82) is 0 Å². The highest BCUT2D eigenvalue weighted by Gasteiger charge is 2.27. The summed E-state index contributed by atoms with van der Waals surface area (Å²) in [5.74, 6) is -0.689. The van der Waals surface area contributed by atoms with Gasteiger partial charge < -0.3 is 5.11 Å². The van der Waals surface area contributed by atoms with E-state index in [1.807, 2.05) is 6.26 Å². The number of hydrogen-bond donors (Lipinski definition) is 2. The lowest BCUT2D eigenvalue weighted by Gasteiger charge is -2.20. The molecule has 0 spiro atoms. The molecule has 7 heteroatoms. The fraction of sp³-hybridized carbons (Fsp3) is 0.0909. The van der Waals surface area contributed by atoms with Gasteiger partial charge in [0.05, 0.1) is 10.7 Å². The first-order valence-corrected chi connectivity index (χ1v) is 6.65. The largest absolute Gasteiger partial charge is 0.477 e. The second-order valence-corrected chi connectivity index (χ2v) is 4.51. The molecule has 0 aliphatic carbocycles. The van der Waals surface area contributed by atoms with E-state index in [1.165, 1.54) is 22.8 Å². The van der Waals surface area contributed by atoms with Crippen molar-refractivity contribution in [2.75, 3.05) is 11.3 Å². The Morgan fingerprint density at radius 3 is 3.06 bits per heavy atom. The molecule has 2 rings (SSSR count). The number of hydrogen-bond acceptors (Lipinski definition) is 5. The van der Waals surface area contributed by atoms with Crippen molar-refractivity contribution in [3.05, 3.63) is 46.2 Å². The van der Waals surface area contributed by atoms with Crippen molar-refractivity contribution in [2.45, 2.75) is 0 Å². The summed E-state index contributed by atoms with van der Waals surface area (Å²) in [4.78, 5) is 15.3. The molecule has 0 saturated heterocycles. The van der Waals surface area contributed by atoms with Crippen LogP contribution in [0.5, 0.6) is 0 Å². The Hall–Kier alpha value is -1.66. The third-order valence-electron chi connectivity index (χ3n) is 2.19. The normalized spacial score (nSPS) is 16.7. The summed E-state index contributed by atoms with van der Waals surface area (Å²) in [6, 6.07) is 3.34. The first-order valence-electron chi connectivity index (χ1n) is 4.98. The van der Waals surface area contributed by atoms with E-state index in [-0.39, 0.29) is 5.70 Å². The average molecular weight is 284 g/mol. The van der Waals surface area contributed by atoms with Crippen molar-refractivity contribution in [3.8, 4) is 0 Å². The number of nitrogens with zero attached hydrogens (tertiary/aromatic N) is 2. The molecule has 0 fully saturated rings. The third-order valence-corrected chi connectivity index (χ3v) is 2.97. The van der Waals surface area contributed by atoms with Crippen LogP contribution in [0.15, 0.2) is 41.2 Å². The van der Waals surface area contributed by atoms with E-state index in [4.69, 9.17) is 16.7 Å². The molecule has 1 aliphatic rings. The molecule has 94 valence electrons. The number of anilines is 1. The number of hydrazine groups is 1. The number of rotatable bonds is 3. The lowest BCUT2D eigenvalue weighted by Crippen LogP contribution is -2.34. The summed E-state index contributed by atoms with van der Waals surface area (Å²) >= 11 is 7.48. The minimum Gasteiger partial charge on any atom is -0.477 e. The van der Waals surface area contributed by atoms with Crippen LogP contribution in [0.3, 0.4) is 0 Å². The highest BCUT2D eigenvalue weighted by molar-refractivity contribution is 8.01. The van der Waals surface area contributed by atoms with Gasteiger partial charge in [-0.25, -0.2) is 14.8 Å². The number of halogens is 1. The summed E-state index contributed by atoms with van der Waals surface area (Å²) < 4.78 is 0. The predicted octanol–water partition coefficient (Wildman–Crippen LogP) is 2.23. The zero-order valence-corrected chi connectivity index (χ0v) is 11.0. The molecule has 0 saturated carbocycles. The van der Waals surface area contributed by atoms with Gasteiger partial charge in [-0.1, -0.05) is 11.6 Å². The Labute approximate surface area is 113 Å². The van der Waals surface area contributed by atoms with E-state index in [0.29, 0.717) is 16.5 Å². The number of nitrogens with one attached hydrogen (secondary N) is 1. The quantitative estimate of drug-likeness (QED) is 0.887. The molecule has 0 aromatic carbocycles. The van der Waals surface area contributed by atoms with Gasteiger partial charge in [-0.05, 0) is 29.9 Å². The number of aromatic nitrogens is 1. The minimum absolute atomic E-state index is 0.0795. The van der Waals surface area contributed by atoms with Crippen LogP contribution in [0.1, 0.15) is 0 Å². The van der Waals surface area contributed by atoms with Crippen molar-refractivity contribution < 1.29 is 9.90 Å². The fourth-order valence-corrected chi connectivity index (χ4v) is 2.07. The van der Waals surface area contributed by atoms with Crippen molar-refractivity contribution >= 4 is 35.1 Å². The third kappa shape index (κ3) is 2.44. The van der Waals surface area contributed by atoms with E-state index in [0.717, 1.165) is 0 Å². The molecule has 2 heterocycles. The van der Waals surface area contributed by atoms with E-state index >= 15 is 0 Å². The molecule has 0 atom stereocenters. The SMILES string of the molecule is CSC=C1C=C(C(=O)O)N(c2ncccc2Cl)N1. The van der Waals surface area contributed by atoms with Gasteiger partial charge in [0.15, 0.2) is 11.5 Å². The molecule has 18 heavy (non-hydrogen) atoms. The molecule has 0 bridgehead atoms. The monoisotopic (exact) mass is 283 g/mol. The number of carboxylic acids is 1. The molecule has 1 aromatic rings. The van der Waals surface area contributed by atoms with E-state index in [9.17, 15) is 4.79 Å². The molecule has 1 aliphatic heterocycles. The first kappa shape index (κ1) is 12.8. The van der Waals surface area contributed by atoms with Gasteiger partial charge in [-0.3, -0.25) is 5.43 Å². The Bertz CT molecular complexity index is 545. The van der Waals surface area contributed by atoms with Crippen molar-refractivity contribution in [1.82, 2.24) is 10.4 Å². The van der Waals surface area contributed by atoms with Crippen LogP contribution < -0.4 is 10.4 Å². The smallest absolute Gasteiger partial charge is 0.354 e. The average Bonchev–Trinajstić information content (AvgIpc) is 2.74. The van der Waals surface area contributed by atoms with Gasteiger partial charge >= 0.3 is 5.97 Å². The van der Waals surface area contributed by atoms with Gasteiger partial charge in [-0.15, -0.1) is 11.8 Å². The molecule has 0 unspecified atom stereocenters. The highest BCUT2D eigenvalue weighted by Crippen LogP contribution is 2.28. The molecule has 0 radical (unpaired) electrons. The maximum absolute atomic E-state index is 11.2. The number of carbonyl (C=O) groups is 1. The summed E-state index contributed by atoms with van der Waals surface area (Å²) in [5, 5.41) is 12.7. The lowest BCUT2D eigenvalue weighted by molar-refractivity contribution is -0.132. The molecular formula is C11H10ClN3O2S. The van der Waals surface area contributed by atoms with Crippen LogP contribution >= 0.6 is 23.4 Å². The number of carboxylic acid groups (broad SMARTS) is 1. The second-order valence-electron chi connectivity index (χ2n) is 3.40.